The minimum atomic E-state index is -0.284. The van der Waals surface area contributed by atoms with E-state index in [2.05, 4.69) is 41.3 Å². The van der Waals surface area contributed by atoms with Crippen LogP contribution in [0.2, 0.25) is 0 Å². The molecule has 2 aromatic carbocycles. The average molecular weight is 413 g/mol. The zero-order valence-corrected chi connectivity index (χ0v) is 17.6. The van der Waals surface area contributed by atoms with E-state index in [1.165, 1.54) is 18.5 Å². The average Bonchev–Trinajstić information content (AvgIpc) is 3.19. The van der Waals surface area contributed by atoms with Crippen molar-refractivity contribution in [2.24, 2.45) is 5.41 Å². The van der Waals surface area contributed by atoms with E-state index in [9.17, 15) is 9.18 Å². The van der Waals surface area contributed by atoms with Gasteiger partial charge >= 0.3 is 0 Å². The predicted molar refractivity (Wildman–Crippen MR) is 113 cm³/mol. The van der Waals surface area contributed by atoms with Crippen molar-refractivity contribution in [2.75, 3.05) is 0 Å². The summed E-state index contributed by atoms with van der Waals surface area (Å²) in [5.41, 5.74) is 2.59. The van der Waals surface area contributed by atoms with E-state index >= 15 is 0 Å². The zero-order chi connectivity index (χ0) is 20.9. The first-order valence-electron chi connectivity index (χ1n) is 9.43. The molecule has 0 saturated heterocycles. The number of carbonyl (C=O) groups is 1. The van der Waals surface area contributed by atoms with Gasteiger partial charge in [0.1, 0.15) is 12.1 Å². The molecule has 2 N–H and O–H groups in total. The van der Waals surface area contributed by atoms with Crippen LogP contribution in [0, 0.1) is 11.2 Å². The Morgan fingerprint density at radius 2 is 1.83 bits per heavy atom. The van der Waals surface area contributed by atoms with Gasteiger partial charge in [0.2, 0.25) is 0 Å². The number of H-pyrrole nitrogens is 1. The number of hydrogen-bond donors (Lipinski definition) is 2. The Kier molecular flexibility index (Phi) is 6.69. The SMILES string of the molecule is CC(C)(C)CC(NC(=O)c1ccc(CSc2ncn[nH]2)cc1)c1ccc(F)cc1. The summed E-state index contributed by atoms with van der Waals surface area (Å²) < 4.78 is 13.3. The van der Waals surface area contributed by atoms with Gasteiger partial charge in [-0.1, -0.05) is 56.8 Å². The number of amides is 1. The first-order chi connectivity index (χ1) is 13.8. The lowest BCUT2D eigenvalue weighted by Gasteiger charge is -2.27. The molecule has 0 aliphatic carbocycles. The molecule has 0 fully saturated rings. The van der Waals surface area contributed by atoms with Crippen molar-refractivity contribution in [3.05, 3.63) is 77.4 Å². The monoisotopic (exact) mass is 412 g/mol. The molecule has 5 nitrogen and oxygen atoms in total. The number of aromatic nitrogens is 3. The van der Waals surface area contributed by atoms with Crippen molar-refractivity contribution in [3.8, 4) is 0 Å². The number of nitrogens with one attached hydrogen (secondary N) is 2. The summed E-state index contributed by atoms with van der Waals surface area (Å²) in [5, 5.41) is 10.5. The normalized spacial score (nSPS) is 12.6. The summed E-state index contributed by atoms with van der Waals surface area (Å²) in [7, 11) is 0. The van der Waals surface area contributed by atoms with Gasteiger partial charge in [-0.25, -0.2) is 9.37 Å². The van der Waals surface area contributed by atoms with E-state index in [1.807, 2.05) is 24.3 Å². The lowest BCUT2D eigenvalue weighted by atomic mass is 9.85. The Labute approximate surface area is 174 Å². The highest BCUT2D eigenvalue weighted by atomic mass is 32.2. The van der Waals surface area contributed by atoms with Gasteiger partial charge in [-0.2, -0.15) is 5.10 Å². The molecule has 0 bridgehead atoms. The highest BCUT2D eigenvalue weighted by Crippen LogP contribution is 2.30. The number of benzene rings is 2. The summed E-state index contributed by atoms with van der Waals surface area (Å²) in [4.78, 5) is 16.9. The zero-order valence-electron chi connectivity index (χ0n) is 16.8. The van der Waals surface area contributed by atoms with Crippen molar-refractivity contribution >= 4 is 17.7 Å². The molecular formula is C22H25FN4OS. The molecule has 1 aromatic heterocycles. The summed E-state index contributed by atoms with van der Waals surface area (Å²) >= 11 is 1.55. The van der Waals surface area contributed by atoms with Crippen molar-refractivity contribution in [2.45, 2.75) is 44.1 Å². The van der Waals surface area contributed by atoms with Crippen LogP contribution in [0.25, 0.3) is 0 Å². The van der Waals surface area contributed by atoms with Gasteiger partial charge < -0.3 is 5.32 Å². The fourth-order valence-corrected chi connectivity index (χ4v) is 3.70. The molecule has 0 radical (unpaired) electrons. The lowest BCUT2D eigenvalue weighted by molar-refractivity contribution is 0.0926. The van der Waals surface area contributed by atoms with E-state index in [0.29, 0.717) is 5.56 Å². The van der Waals surface area contributed by atoms with Gasteiger partial charge in [0, 0.05) is 11.3 Å². The van der Waals surface area contributed by atoms with E-state index in [1.54, 1.807) is 23.9 Å². The maximum Gasteiger partial charge on any atom is 0.251 e. The summed E-state index contributed by atoms with van der Waals surface area (Å²) in [6, 6.07) is 13.7. The molecule has 0 saturated carbocycles. The van der Waals surface area contributed by atoms with Crippen LogP contribution in [0.15, 0.2) is 60.0 Å². The van der Waals surface area contributed by atoms with Crippen LogP contribution in [0.1, 0.15) is 54.7 Å². The molecular weight excluding hydrogens is 387 g/mol. The highest BCUT2D eigenvalue weighted by Gasteiger charge is 2.22. The summed E-state index contributed by atoms with van der Waals surface area (Å²) in [6.07, 6.45) is 2.22. The molecule has 1 atom stereocenters. The smallest absolute Gasteiger partial charge is 0.251 e. The quantitative estimate of drug-likeness (QED) is 0.527. The molecule has 1 heterocycles. The number of rotatable bonds is 7. The van der Waals surface area contributed by atoms with Crippen molar-refractivity contribution in [3.63, 3.8) is 0 Å². The van der Waals surface area contributed by atoms with Gasteiger partial charge in [-0.05, 0) is 47.2 Å². The van der Waals surface area contributed by atoms with Crippen LogP contribution in [-0.2, 0) is 5.75 Å². The van der Waals surface area contributed by atoms with Gasteiger partial charge in [-0.3, -0.25) is 9.89 Å². The van der Waals surface area contributed by atoms with Gasteiger partial charge in [0.15, 0.2) is 5.16 Å². The fourth-order valence-electron chi connectivity index (χ4n) is 2.97. The molecule has 0 spiro atoms. The molecule has 1 amide bonds. The van der Waals surface area contributed by atoms with Crippen LogP contribution < -0.4 is 5.32 Å². The third kappa shape index (κ3) is 6.42. The third-order valence-electron chi connectivity index (χ3n) is 4.38. The Morgan fingerprint density at radius 3 is 2.41 bits per heavy atom. The lowest BCUT2D eigenvalue weighted by Crippen LogP contribution is -2.31. The molecule has 152 valence electrons. The van der Waals surface area contributed by atoms with Crippen molar-refractivity contribution in [1.82, 2.24) is 20.5 Å². The van der Waals surface area contributed by atoms with Crippen molar-refractivity contribution in [1.29, 1.82) is 0 Å². The Bertz CT molecular complexity index is 919. The molecule has 29 heavy (non-hydrogen) atoms. The fraction of sp³-hybridized carbons (Fsp3) is 0.318. The molecule has 0 aliphatic rings. The minimum absolute atomic E-state index is 0.00806. The molecule has 1 unspecified atom stereocenters. The predicted octanol–water partition coefficient (Wildman–Crippen LogP) is 5.14. The molecule has 3 rings (SSSR count). The number of thioether (sulfide) groups is 1. The van der Waals surface area contributed by atoms with Gasteiger partial charge in [0.05, 0.1) is 6.04 Å². The van der Waals surface area contributed by atoms with Crippen LogP contribution in [-0.4, -0.2) is 21.1 Å². The van der Waals surface area contributed by atoms with E-state index in [-0.39, 0.29) is 23.2 Å². The van der Waals surface area contributed by atoms with Crippen LogP contribution >= 0.6 is 11.8 Å². The van der Waals surface area contributed by atoms with Crippen molar-refractivity contribution < 1.29 is 9.18 Å². The Hall–Kier alpha value is -2.67. The number of hydrogen-bond acceptors (Lipinski definition) is 4. The van der Waals surface area contributed by atoms with Gasteiger partial charge in [-0.15, -0.1) is 0 Å². The first-order valence-corrected chi connectivity index (χ1v) is 10.4. The van der Waals surface area contributed by atoms with Crippen LogP contribution in [0.4, 0.5) is 4.39 Å². The number of carbonyl (C=O) groups excluding carboxylic acids is 1. The summed E-state index contributed by atoms with van der Waals surface area (Å²) in [5.74, 6) is 0.311. The standard InChI is InChI=1S/C22H25FN4OS/c1-22(2,3)12-19(16-8-10-18(23)11-9-16)26-20(28)17-6-4-15(5-7-17)13-29-21-24-14-25-27-21/h4-11,14,19H,12-13H2,1-3H3,(H,26,28)(H,24,25,27). The largest absolute Gasteiger partial charge is 0.345 e. The Balaban J connectivity index is 1.67. The number of nitrogens with zero attached hydrogens (tertiary/aromatic N) is 2. The number of halogens is 1. The maximum atomic E-state index is 13.3. The van der Waals surface area contributed by atoms with E-state index in [0.717, 1.165) is 28.5 Å². The topological polar surface area (TPSA) is 70.7 Å². The third-order valence-corrected chi connectivity index (χ3v) is 5.33. The molecule has 0 aliphatic heterocycles. The maximum absolute atomic E-state index is 13.3. The van der Waals surface area contributed by atoms with Crippen LogP contribution in [0.3, 0.4) is 0 Å². The first kappa shape index (κ1) is 21.0. The second-order valence-electron chi connectivity index (χ2n) is 8.12. The highest BCUT2D eigenvalue weighted by molar-refractivity contribution is 7.98. The summed E-state index contributed by atoms with van der Waals surface area (Å²) in [6.45, 7) is 6.37. The molecule has 7 heteroatoms. The molecule has 3 aromatic rings. The van der Waals surface area contributed by atoms with E-state index < -0.39 is 0 Å². The second kappa shape index (κ2) is 9.22. The minimum Gasteiger partial charge on any atom is -0.345 e. The van der Waals surface area contributed by atoms with E-state index in [4.69, 9.17) is 0 Å². The Morgan fingerprint density at radius 1 is 1.14 bits per heavy atom. The second-order valence-corrected chi connectivity index (χ2v) is 9.08. The number of aromatic amines is 1. The van der Waals surface area contributed by atoms with Crippen LogP contribution in [0.5, 0.6) is 0 Å². The van der Waals surface area contributed by atoms with Gasteiger partial charge in [0.25, 0.3) is 5.91 Å².